The Balaban J connectivity index is 2.07. The van der Waals surface area contributed by atoms with Crippen molar-refractivity contribution in [3.8, 4) is 0 Å². The maximum Gasteiger partial charge on any atom is 0.317 e. The van der Waals surface area contributed by atoms with E-state index in [1.54, 1.807) is 25.6 Å². The molecule has 1 saturated heterocycles. The molecular weight excluding hydrogens is 490 g/mol. The number of nitrogens with zero attached hydrogens (tertiary/aromatic N) is 7. The molecule has 210 valence electrons. The van der Waals surface area contributed by atoms with Gasteiger partial charge in [-0.05, 0) is 12.8 Å². The molecule has 15 heteroatoms. The van der Waals surface area contributed by atoms with Gasteiger partial charge in [-0.1, -0.05) is 5.21 Å². The summed E-state index contributed by atoms with van der Waals surface area (Å²) in [5.74, 6) is -2.98. The van der Waals surface area contributed by atoms with Gasteiger partial charge >= 0.3 is 17.9 Å². The highest BCUT2D eigenvalue weighted by Crippen LogP contribution is 2.04. The van der Waals surface area contributed by atoms with Gasteiger partial charge in [0.25, 0.3) is 0 Å². The average molecular weight is 530 g/mol. The number of hydrogen-bond donors (Lipinski definition) is 5. The number of β-amino-alcohol motifs (C(OH)–C–C–N with tert-alkyl or cyclic N) is 1. The zero-order valence-electron chi connectivity index (χ0n) is 21.1. The lowest BCUT2D eigenvalue weighted by atomic mass is 10.2. The first-order valence-electron chi connectivity index (χ1n) is 12.4. The van der Waals surface area contributed by atoms with E-state index in [9.17, 15) is 34.8 Å². The molecule has 0 saturated carbocycles. The summed E-state index contributed by atoms with van der Waals surface area (Å²) >= 11 is 0. The zero-order chi connectivity index (χ0) is 27.2. The minimum Gasteiger partial charge on any atom is -0.480 e. The molecule has 1 atom stereocenters. The van der Waals surface area contributed by atoms with Gasteiger partial charge in [-0.3, -0.25) is 34.0 Å². The molecule has 0 aliphatic carbocycles. The van der Waals surface area contributed by atoms with Gasteiger partial charge in [-0.25, -0.2) is 4.68 Å². The van der Waals surface area contributed by atoms with Crippen LogP contribution in [0.5, 0.6) is 0 Å². The highest BCUT2D eigenvalue weighted by Gasteiger charge is 2.21. The number of aryl methyl sites for hydroxylation is 1. The third-order valence-electron chi connectivity index (χ3n) is 6.05. The predicted molar refractivity (Wildman–Crippen MR) is 130 cm³/mol. The Hall–Kier alpha value is -2.69. The molecule has 1 unspecified atom stereocenters. The minimum absolute atomic E-state index is 0.0554. The normalized spacial score (nSPS) is 18.6. The van der Waals surface area contributed by atoms with Gasteiger partial charge in [0.1, 0.15) is 0 Å². The SMILES string of the molecule is O=C(O)CN1CCN(CC(=O)O)CCN(CC(O)Cn2cc(CCCO)nn2)CCN(CC(=O)O)CC1. The number of carboxylic acids is 3. The molecule has 0 spiro atoms. The lowest BCUT2D eigenvalue weighted by Crippen LogP contribution is -2.49. The highest BCUT2D eigenvalue weighted by atomic mass is 16.4. The fraction of sp³-hybridized carbons (Fsp3) is 0.773. The number of aliphatic carboxylic acids is 3. The van der Waals surface area contributed by atoms with Gasteiger partial charge in [0.15, 0.2) is 0 Å². The second-order valence-electron chi connectivity index (χ2n) is 9.22. The molecule has 1 aliphatic rings. The summed E-state index contributed by atoms with van der Waals surface area (Å²) < 4.78 is 1.54. The Labute approximate surface area is 215 Å². The number of aliphatic hydroxyl groups excluding tert-OH is 2. The first kappa shape index (κ1) is 30.5. The molecule has 0 radical (unpaired) electrons. The van der Waals surface area contributed by atoms with Gasteiger partial charge in [-0.2, -0.15) is 0 Å². The maximum absolute atomic E-state index is 11.4. The Morgan fingerprint density at radius 2 is 1.19 bits per heavy atom. The predicted octanol–water partition coefficient (Wildman–Crippen LogP) is -2.96. The lowest BCUT2D eigenvalue weighted by molar-refractivity contribution is -0.140. The van der Waals surface area contributed by atoms with Crippen molar-refractivity contribution >= 4 is 17.9 Å². The molecule has 5 N–H and O–H groups in total. The molecule has 1 fully saturated rings. The molecule has 1 aliphatic heterocycles. The van der Waals surface area contributed by atoms with E-state index in [2.05, 4.69) is 10.3 Å². The Morgan fingerprint density at radius 1 is 0.757 bits per heavy atom. The maximum atomic E-state index is 11.4. The van der Waals surface area contributed by atoms with Crippen LogP contribution in [0.15, 0.2) is 6.20 Å². The van der Waals surface area contributed by atoms with E-state index < -0.39 is 24.0 Å². The summed E-state index contributed by atoms with van der Waals surface area (Å²) in [6, 6.07) is 0. The topological polar surface area (TPSA) is 196 Å². The van der Waals surface area contributed by atoms with Crippen molar-refractivity contribution in [2.75, 3.05) is 85.1 Å². The standard InChI is InChI=1S/C22H39N7O8/c30-11-1-2-18-12-29(24-23-18)14-19(31)13-25-3-5-26(15-20(32)33)7-9-28(17-22(36)37)10-8-27(6-4-25)16-21(34)35/h12,19,30-31H,1-11,13-17H2,(H,32,33)(H,34,35)(H,36,37). The van der Waals surface area contributed by atoms with Crippen molar-refractivity contribution in [3.05, 3.63) is 11.9 Å². The monoisotopic (exact) mass is 529 g/mol. The van der Waals surface area contributed by atoms with Gasteiger partial charge in [0, 0.05) is 71.7 Å². The van der Waals surface area contributed by atoms with E-state index in [1.807, 2.05) is 4.90 Å². The van der Waals surface area contributed by atoms with E-state index in [0.717, 1.165) is 5.69 Å². The fourth-order valence-corrected chi connectivity index (χ4v) is 4.18. The molecule has 1 aromatic heterocycles. The molecule has 15 nitrogen and oxygen atoms in total. The first-order valence-corrected chi connectivity index (χ1v) is 12.4. The molecule has 2 rings (SSSR count). The number of aliphatic hydroxyl groups is 2. The van der Waals surface area contributed by atoms with Gasteiger partial charge < -0.3 is 25.5 Å². The van der Waals surface area contributed by atoms with Crippen LogP contribution in [0.3, 0.4) is 0 Å². The van der Waals surface area contributed by atoms with Gasteiger partial charge in [0.2, 0.25) is 0 Å². The molecule has 1 aromatic rings. The molecule has 2 heterocycles. The van der Waals surface area contributed by atoms with Gasteiger partial charge in [0.05, 0.1) is 38.0 Å². The van der Waals surface area contributed by atoms with Crippen LogP contribution in [0.1, 0.15) is 12.1 Å². The van der Waals surface area contributed by atoms with Crippen LogP contribution in [0.4, 0.5) is 0 Å². The third-order valence-corrected chi connectivity index (χ3v) is 6.05. The van der Waals surface area contributed by atoms with E-state index >= 15 is 0 Å². The first-order chi connectivity index (χ1) is 17.6. The molecule has 0 amide bonds. The van der Waals surface area contributed by atoms with Crippen LogP contribution in [-0.2, 0) is 27.3 Å². The number of aromatic nitrogens is 3. The highest BCUT2D eigenvalue weighted by molar-refractivity contribution is 5.69. The van der Waals surface area contributed by atoms with Crippen molar-refractivity contribution in [3.63, 3.8) is 0 Å². The van der Waals surface area contributed by atoms with E-state index in [-0.39, 0.29) is 39.3 Å². The van der Waals surface area contributed by atoms with Crippen LogP contribution in [0, 0.1) is 0 Å². The minimum atomic E-state index is -1.00. The van der Waals surface area contributed by atoms with Crippen molar-refractivity contribution in [2.45, 2.75) is 25.5 Å². The summed E-state index contributed by atoms with van der Waals surface area (Å²) in [6.45, 7) is 2.87. The Kier molecular flexibility index (Phi) is 13.4. The smallest absolute Gasteiger partial charge is 0.317 e. The summed E-state index contributed by atoms with van der Waals surface area (Å²) in [6.07, 6.45) is 2.08. The van der Waals surface area contributed by atoms with Crippen molar-refractivity contribution in [2.24, 2.45) is 0 Å². The summed E-state index contributed by atoms with van der Waals surface area (Å²) in [4.78, 5) is 41.2. The zero-order valence-corrected chi connectivity index (χ0v) is 21.1. The van der Waals surface area contributed by atoms with Crippen molar-refractivity contribution < 1.29 is 39.9 Å². The molecule has 0 bridgehead atoms. The molecule has 37 heavy (non-hydrogen) atoms. The molecule has 0 aromatic carbocycles. The van der Waals surface area contributed by atoms with E-state index in [0.29, 0.717) is 65.2 Å². The number of hydrogen-bond acceptors (Lipinski definition) is 11. The van der Waals surface area contributed by atoms with E-state index in [1.165, 1.54) is 0 Å². The van der Waals surface area contributed by atoms with Crippen LogP contribution in [0.2, 0.25) is 0 Å². The number of rotatable bonds is 13. The quantitative estimate of drug-likeness (QED) is 0.174. The van der Waals surface area contributed by atoms with Crippen LogP contribution in [0.25, 0.3) is 0 Å². The summed E-state index contributed by atoms with van der Waals surface area (Å²) in [5, 5.41) is 55.6. The van der Waals surface area contributed by atoms with Crippen molar-refractivity contribution in [1.82, 2.24) is 34.6 Å². The average Bonchev–Trinajstić information content (AvgIpc) is 3.25. The number of carbonyl (C=O) groups is 3. The van der Waals surface area contributed by atoms with E-state index in [4.69, 9.17) is 5.11 Å². The van der Waals surface area contributed by atoms with Crippen LogP contribution >= 0.6 is 0 Å². The van der Waals surface area contributed by atoms with Gasteiger partial charge in [-0.15, -0.1) is 5.10 Å². The largest absolute Gasteiger partial charge is 0.480 e. The Morgan fingerprint density at radius 3 is 1.59 bits per heavy atom. The van der Waals surface area contributed by atoms with Crippen LogP contribution in [-0.4, -0.2) is 169 Å². The fourth-order valence-electron chi connectivity index (χ4n) is 4.18. The van der Waals surface area contributed by atoms with Crippen molar-refractivity contribution in [1.29, 1.82) is 0 Å². The summed E-state index contributed by atoms with van der Waals surface area (Å²) in [5.41, 5.74) is 0.720. The molecular formula is C22H39N7O8. The lowest BCUT2D eigenvalue weighted by Gasteiger charge is -2.33. The Bertz CT molecular complexity index is 823. The second kappa shape index (κ2) is 16.2. The third kappa shape index (κ3) is 12.9. The summed E-state index contributed by atoms with van der Waals surface area (Å²) in [7, 11) is 0. The van der Waals surface area contributed by atoms with Crippen LogP contribution < -0.4 is 0 Å². The number of carboxylic acid groups (broad SMARTS) is 3. The second-order valence-corrected chi connectivity index (χ2v) is 9.22.